The van der Waals surface area contributed by atoms with Crippen LogP contribution < -0.4 is 0 Å². The summed E-state index contributed by atoms with van der Waals surface area (Å²) in [7, 11) is 0. The zero-order valence-electron chi connectivity index (χ0n) is 9.00. The highest BCUT2D eigenvalue weighted by atomic mass is 16.5. The summed E-state index contributed by atoms with van der Waals surface area (Å²) in [5, 5.41) is 0. The van der Waals surface area contributed by atoms with E-state index in [1.165, 1.54) is 51.5 Å². The molecule has 80 valence electrons. The van der Waals surface area contributed by atoms with Crippen molar-refractivity contribution in [1.82, 2.24) is 4.90 Å². The molecule has 1 aliphatic heterocycles. The zero-order valence-corrected chi connectivity index (χ0v) is 9.00. The van der Waals surface area contributed by atoms with E-state index in [1.54, 1.807) is 5.70 Å². The standard InChI is InChI=1S/C12H21NO/c1-2-4-7-12(8-5-3-1)13-9-6-10-14-11-13/h7H,1-6,8-11H2/b12-7+. The molecule has 0 spiro atoms. The van der Waals surface area contributed by atoms with Crippen molar-refractivity contribution >= 4 is 0 Å². The molecule has 14 heavy (non-hydrogen) atoms. The highest BCUT2D eigenvalue weighted by Gasteiger charge is 2.13. The lowest BCUT2D eigenvalue weighted by molar-refractivity contribution is 0.00329. The van der Waals surface area contributed by atoms with Gasteiger partial charge in [-0.25, -0.2) is 0 Å². The Morgan fingerprint density at radius 2 is 2.00 bits per heavy atom. The van der Waals surface area contributed by atoms with Crippen LogP contribution in [-0.2, 0) is 4.74 Å². The summed E-state index contributed by atoms with van der Waals surface area (Å²) in [5.41, 5.74) is 1.55. The predicted octanol–water partition coefficient (Wildman–Crippen LogP) is 2.90. The van der Waals surface area contributed by atoms with E-state index in [0.717, 1.165) is 13.3 Å². The Kier molecular flexibility index (Phi) is 3.87. The third-order valence-corrected chi connectivity index (χ3v) is 3.14. The predicted molar refractivity (Wildman–Crippen MR) is 57.9 cm³/mol. The summed E-state index contributed by atoms with van der Waals surface area (Å²) >= 11 is 0. The molecule has 2 heteroatoms. The summed E-state index contributed by atoms with van der Waals surface area (Å²) in [4.78, 5) is 2.43. The lowest BCUT2D eigenvalue weighted by Gasteiger charge is -2.31. The Hall–Kier alpha value is -0.500. The van der Waals surface area contributed by atoms with Crippen LogP contribution in [0.5, 0.6) is 0 Å². The molecule has 0 saturated carbocycles. The number of hydrogen-bond donors (Lipinski definition) is 0. The van der Waals surface area contributed by atoms with Gasteiger partial charge < -0.3 is 9.64 Å². The molecule has 0 bridgehead atoms. The molecular formula is C12H21NO. The van der Waals surface area contributed by atoms with Crippen LogP contribution in [0.15, 0.2) is 11.8 Å². The van der Waals surface area contributed by atoms with Crippen molar-refractivity contribution < 1.29 is 4.74 Å². The van der Waals surface area contributed by atoms with Crippen LogP contribution in [0.25, 0.3) is 0 Å². The van der Waals surface area contributed by atoms with E-state index in [-0.39, 0.29) is 0 Å². The molecule has 0 atom stereocenters. The second-order valence-electron chi connectivity index (χ2n) is 4.30. The quantitative estimate of drug-likeness (QED) is 0.638. The minimum absolute atomic E-state index is 0.825. The molecule has 0 radical (unpaired) electrons. The second kappa shape index (κ2) is 5.40. The third kappa shape index (κ3) is 2.74. The third-order valence-electron chi connectivity index (χ3n) is 3.14. The maximum absolute atomic E-state index is 5.49. The molecule has 2 aliphatic rings. The molecule has 0 unspecified atom stereocenters. The van der Waals surface area contributed by atoms with Gasteiger partial charge in [0.2, 0.25) is 0 Å². The number of hydrogen-bond acceptors (Lipinski definition) is 2. The largest absolute Gasteiger partial charge is 0.361 e. The Bertz CT molecular complexity index is 194. The topological polar surface area (TPSA) is 12.5 Å². The first-order valence-electron chi connectivity index (χ1n) is 5.98. The highest BCUT2D eigenvalue weighted by molar-refractivity contribution is 5.02. The van der Waals surface area contributed by atoms with Crippen LogP contribution in [0.4, 0.5) is 0 Å². The van der Waals surface area contributed by atoms with Crippen molar-refractivity contribution in [2.75, 3.05) is 19.9 Å². The first-order chi connectivity index (χ1) is 6.97. The SMILES string of the molecule is C1=C(/N2CCCOC2)CCCCCC/1. The first-order valence-corrected chi connectivity index (χ1v) is 5.98. The summed E-state index contributed by atoms with van der Waals surface area (Å²) in [5.74, 6) is 0. The maximum atomic E-state index is 5.49. The van der Waals surface area contributed by atoms with Crippen LogP contribution in [-0.4, -0.2) is 24.8 Å². The van der Waals surface area contributed by atoms with Crippen LogP contribution in [0.2, 0.25) is 0 Å². The average Bonchev–Trinajstić information content (AvgIpc) is 2.18. The molecule has 2 nitrogen and oxygen atoms in total. The molecule has 1 heterocycles. The molecule has 1 fully saturated rings. The second-order valence-corrected chi connectivity index (χ2v) is 4.30. The fourth-order valence-corrected chi connectivity index (χ4v) is 2.29. The fraction of sp³-hybridized carbons (Fsp3) is 0.833. The van der Waals surface area contributed by atoms with Crippen molar-refractivity contribution in [1.29, 1.82) is 0 Å². The van der Waals surface area contributed by atoms with Gasteiger partial charge in [0.15, 0.2) is 0 Å². The number of allylic oxidation sites excluding steroid dienone is 2. The fourth-order valence-electron chi connectivity index (χ4n) is 2.29. The van der Waals surface area contributed by atoms with E-state index >= 15 is 0 Å². The molecule has 0 aromatic rings. The number of rotatable bonds is 1. The van der Waals surface area contributed by atoms with Crippen LogP contribution in [0.3, 0.4) is 0 Å². The summed E-state index contributed by atoms with van der Waals surface area (Å²) in [6.07, 6.45) is 11.7. The number of nitrogens with zero attached hydrogens (tertiary/aromatic N) is 1. The lowest BCUT2D eigenvalue weighted by Crippen LogP contribution is -2.32. The van der Waals surface area contributed by atoms with Gasteiger partial charge in [0.05, 0.1) is 6.61 Å². The minimum Gasteiger partial charge on any atom is -0.361 e. The molecule has 2 rings (SSSR count). The molecule has 1 aliphatic carbocycles. The first kappa shape index (κ1) is 10.0. The molecule has 0 N–H and O–H groups in total. The Balaban J connectivity index is 1.91. The van der Waals surface area contributed by atoms with Gasteiger partial charge in [-0.15, -0.1) is 0 Å². The van der Waals surface area contributed by atoms with Crippen LogP contribution in [0, 0.1) is 0 Å². The van der Waals surface area contributed by atoms with Crippen molar-refractivity contribution in [3.63, 3.8) is 0 Å². The molecule has 1 saturated heterocycles. The highest BCUT2D eigenvalue weighted by Crippen LogP contribution is 2.21. The van der Waals surface area contributed by atoms with Crippen molar-refractivity contribution in [3.05, 3.63) is 11.8 Å². The van der Waals surface area contributed by atoms with Gasteiger partial charge in [-0.05, 0) is 32.1 Å². The number of ether oxygens (including phenoxy) is 1. The monoisotopic (exact) mass is 195 g/mol. The summed E-state index contributed by atoms with van der Waals surface area (Å²) in [6.45, 7) is 2.97. The maximum Gasteiger partial charge on any atom is 0.118 e. The van der Waals surface area contributed by atoms with E-state index < -0.39 is 0 Å². The van der Waals surface area contributed by atoms with Crippen LogP contribution in [0.1, 0.15) is 44.9 Å². The van der Waals surface area contributed by atoms with Gasteiger partial charge in [-0.1, -0.05) is 18.9 Å². The minimum atomic E-state index is 0.825. The lowest BCUT2D eigenvalue weighted by atomic mass is 10.0. The van der Waals surface area contributed by atoms with E-state index in [1.807, 2.05) is 0 Å². The van der Waals surface area contributed by atoms with E-state index in [0.29, 0.717) is 0 Å². The summed E-state index contributed by atoms with van der Waals surface area (Å²) in [6, 6.07) is 0. The van der Waals surface area contributed by atoms with Gasteiger partial charge in [0.25, 0.3) is 0 Å². The van der Waals surface area contributed by atoms with Gasteiger partial charge in [-0.3, -0.25) is 0 Å². The van der Waals surface area contributed by atoms with Crippen molar-refractivity contribution in [3.8, 4) is 0 Å². The normalized spacial score (nSPS) is 28.9. The van der Waals surface area contributed by atoms with Crippen molar-refractivity contribution in [2.45, 2.75) is 44.9 Å². The van der Waals surface area contributed by atoms with Crippen molar-refractivity contribution in [2.24, 2.45) is 0 Å². The van der Waals surface area contributed by atoms with Gasteiger partial charge in [0.1, 0.15) is 6.73 Å². The van der Waals surface area contributed by atoms with Crippen LogP contribution >= 0.6 is 0 Å². The van der Waals surface area contributed by atoms with Gasteiger partial charge >= 0.3 is 0 Å². The smallest absolute Gasteiger partial charge is 0.118 e. The Labute approximate surface area is 86.9 Å². The average molecular weight is 195 g/mol. The molecule has 0 aromatic carbocycles. The van der Waals surface area contributed by atoms with E-state index in [9.17, 15) is 0 Å². The van der Waals surface area contributed by atoms with Gasteiger partial charge in [-0.2, -0.15) is 0 Å². The summed E-state index contributed by atoms with van der Waals surface area (Å²) < 4.78 is 5.49. The Morgan fingerprint density at radius 1 is 1.07 bits per heavy atom. The molecule has 0 aromatic heterocycles. The molecule has 0 amide bonds. The van der Waals surface area contributed by atoms with E-state index in [4.69, 9.17) is 4.74 Å². The zero-order chi connectivity index (χ0) is 9.64. The Morgan fingerprint density at radius 3 is 2.86 bits per heavy atom. The molecular weight excluding hydrogens is 174 g/mol. The van der Waals surface area contributed by atoms with E-state index in [2.05, 4.69) is 11.0 Å². The van der Waals surface area contributed by atoms with Gasteiger partial charge in [0, 0.05) is 12.2 Å².